The van der Waals surface area contributed by atoms with Gasteiger partial charge >= 0.3 is 0 Å². The summed E-state index contributed by atoms with van der Waals surface area (Å²) in [4.78, 5) is 24.2. The fourth-order valence-corrected chi connectivity index (χ4v) is 3.63. The Labute approximate surface area is 144 Å². The number of aryl methyl sites for hydroxylation is 1. The van der Waals surface area contributed by atoms with Crippen molar-refractivity contribution in [2.24, 2.45) is 0 Å². The van der Waals surface area contributed by atoms with Crippen LogP contribution < -0.4 is 16.2 Å². The van der Waals surface area contributed by atoms with Crippen molar-refractivity contribution in [2.75, 3.05) is 5.32 Å². The predicted octanol–water partition coefficient (Wildman–Crippen LogP) is 4.09. The van der Waals surface area contributed by atoms with Gasteiger partial charge in [-0.05, 0) is 48.1 Å². The zero-order valence-corrected chi connectivity index (χ0v) is 13.8. The van der Waals surface area contributed by atoms with E-state index in [1.165, 1.54) is 11.1 Å². The van der Waals surface area contributed by atoms with Gasteiger partial charge in [-0.15, -0.1) is 0 Å². The number of anilines is 1. The van der Waals surface area contributed by atoms with Crippen LogP contribution in [0.3, 0.4) is 0 Å². The largest absolute Gasteiger partial charge is 0.374 e. The van der Waals surface area contributed by atoms with Gasteiger partial charge in [0.1, 0.15) is 0 Å². The van der Waals surface area contributed by atoms with Gasteiger partial charge in [0.25, 0.3) is 0 Å². The third-order valence-electron chi connectivity index (χ3n) is 4.73. The summed E-state index contributed by atoms with van der Waals surface area (Å²) < 4.78 is 0. The lowest BCUT2D eigenvalue weighted by Crippen LogP contribution is -2.37. The maximum atomic E-state index is 12.1. The Morgan fingerprint density at radius 2 is 1.71 bits per heavy atom. The van der Waals surface area contributed by atoms with Crippen LogP contribution in [0.4, 0.5) is 5.69 Å². The highest BCUT2D eigenvalue weighted by Crippen LogP contribution is 2.34. The van der Waals surface area contributed by atoms with Crippen LogP contribution in [0.2, 0.25) is 5.02 Å². The Kier molecular flexibility index (Phi) is 3.73. The van der Waals surface area contributed by atoms with Gasteiger partial charge in [0, 0.05) is 5.02 Å². The van der Waals surface area contributed by atoms with E-state index in [2.05, 4.69) is 17.4 Å². The summed E-state index contributed by atoms with van der Waals surface area (Å²) in [6.45, 7) is 0. The topological polar surface area (TPSA) is 46.2 Å². The maximum absolute atomic E-state index is 12.1. The highest BCUT2D eigenvalue weighted by atomic mass is 35.5. The molecular formula is C20H16ClNO2. The minimum absolute atomic E-state index is 0.0734. The number of rotatable bonds is 3. The molecule has 120 valence electrons. The molecule has 1 aliphatic carbocycles. The van der Waals surface area contributed by atoms with E-state index in [-0.39, 0.29) is 6.04 Å². The molecular weight excluding hydrogens is 322 g/mol. The molecule has 4 rings (SSSR count). The second kappa shape index (κ2) is 5.91. The van der Waals surface area contributed by atoms with Crippen molar-refractivity contribution in [2.45, 2.75) is 25.3 Å². The monoisotopic (exact) mass is 337 g/mol. The van der Waals surface area contributed by atoms with E-state index in [4.69, 9.17) is 11.6 Å². The van der Waals surface area contributed by atoms with Crippen LogP contribution in [0.5, 0.6) is 0 Å². The minimum atomic E-state index is -0.428. The van der Waals surface area contributed by atoms with Crippen molar-refractivity contribution in [3.05, 3.63) is 85.1 Å². The average molecular weight is 338 g/mol. The number of nitrogens with one attached hydrogen (secondary N) is 1. The zero-order valence-electron chi connectivity index (χ0n) is 13.0. The van der Waals surface area contributed by atoms with Crippen molar-refractivity contribution in [3.63, 3.8) is 0 Å². The van der Waals surface area contributed by atoms with Crippen molar-refractivity contribution < 1.29 is 0 Å². The molecule has 0 heterocycles. The van der Waals surface area contributed by atoms with Crippen LogP contribution in [-0.4, -0.2) is 0 Å². The molecule has 1 N–H and O–H groups in total. The Bertz CT molecular complexity index is 968. The molecule has 0 amide bonds. The van der Waals surface area contributed by atoms with Gasteiger partial charge in [0.2, 0.25) is 10.9 Å². The summed E-state index contributed by atoms with van der Waals surface area (Å²) in [6, 6.07) is 15.4. The fraction of sp³-hybridized carbons (Fsp3) is 0.200. The number of fused-ring (bicyclic) bond motifs is 1. The molecule has 0 unspecified atom stereocenters. The third-order valence-corrected chi connectivity index (χ3v) is 4.98. The second-order valence-electron chi connectivity index (χ2n) is 6.20. The summed E-state index contributed by atoms with van der Waals surface area (Å²) in [5.74, 6) is 0. The molecule has 0 saturated heterocycles. The molecule has 1 aliphatic rings. The molecule has 4 heteroatoms. The average Bonchev–Trinajstić information content (AvgIpc) is 2.62. The van der Waals surface area contributed by atoms with Crippen LogP contribution in [0, 0.1) is 0 Å². The normalized spacial score (nSPS) is 16.8. The van der Waals surface area contributed by atoms with E-state index < -0.39 is 10.9 Å². The van der Waals surface area contributed by atoms with Gasteiger partial charge in [0.05, 0.1) is 17.3 Å². The van der Waals surface area contributed by atoms with Gasteiger partial charge in [-0.3, -0.25) is 9.59 Å². The van der Waals surface area contributed by atoms with Crippen LogP contribution >= 0.6 is 11.6 Å². The molecule has 3 nitrogen and oxygen atoms in total. The fourth-order valence-electron chi connectivity index (χ4n) is 3.50. The van der Waals surface area contributed by atoms with Crippen LogP contribution in [0.15, 0.2) is 58.1 Å². The third kappa shape index (κ3) is 2.45. The van der Waals surface area contributed by atoms with E-state index >= 15 is 0 Å². The van der Waals surface area contributed by atoms with Gasteiger partial charge in [-0.1, -0.05) is 48.0 Å². The quantitative estimate of drug-likeness (QED) is 0.732. The van der Waals surface area contributed by atoms with Gasteiger partial charge < -0.3 is 5.32 Å². The lowest BCUT2D eigenvalue weighted by molar-refractivity contribution is 0.599. The van der Waals surface area contributed by atoms with Crippen LogP contribution in [0.1, 0.15) is 30.0 Å². The summed E-state index contributed by atoms with van der Waals surface area (Å²) in [7, 11) is 0. The predicted molar refractivity (Wildman–Crippen MR) is 97.5 cm³/mol. The van der Waals surface area contributed by atoms with Crippen LogP contribution in [0.25, 0.3) is 11.1 Å². The Hall–Kier alpha value is -2.39. The Morgan fingerprint density at radius 3 is 2.50 bits per heavy atom. The van der Waals surface area contributed by atoms with Crippen molar-refractivity contribution in [1.29, 1.82) is 0 Å². The number of hydrogen-bond acceptors (Lipinski definition) is 3. The van der Waals surface area contributed by atoms with Gasteiger partial charge in [0.15, 0.2) is 0 Å². The van der Waals surface area contributed by atoms with E-state index in [1.54, 1.807) is 24.3 Å². The second-order valence-corrected chi connectivity index (χ2v) is 6.64. The molecule has 0 saturated carbocycles. The number of benzene rings is 2. The SMILES string of the molecule is O=c1c(N[C@@H]2CCCc3ccccc32)c(-c2ccc(Cl)cc2)c1=O. The van der Waals surface area contributed by atoms with E-state index in [9.17, 15) is 9.59 Å². The number of halogens is 1. The molecule has 0 aromatic heterocycles. The summed E-state index contributed by atoms with van der Waals surface area (Å²) in [5, 5.41) is 3.94. The summed E-state index contributed by atoms with van der Waals surface area (Å²) in [6.07, 6.45) is 3.08. The standard InChI is InChI=1S/C20H16ClNO2/c21-14-10-8-13(9-11-14)17-18(20(24)19(17)23)22-16-7-3-5-12-4-1-2-6-15(12)16/h1-2,4,6,8-11,16,22H,3,5,7H2/t16-/m1/s1. The molecule has 0 aliphatic heterocycles. The molecule has 3 aromatic carbocycles. The van der Waals surface area contributed by atoms with Crippen molar-refractivity contribution >= 4 is 17.3 Å². The first-order chi connectivity index (χ1) is 11.6. The molecule has 24 heavy (non-hydrogen) atoms. The Balaban J connectivity index is 1.70. The first-order valence-electron chi connectivity index (χ1n) is 8.09. The number of hydrogen-bond donors (Lipinski definition) is 1. The molecule has 0 spiro atoms. The lowest BCUT2D eigenvalue weighted by Gasteiger charge is -2.28. The highest BCUT2D eigenvalue weighted by Gasteiger charge is 2.27. The van der Waals surface area contributed by atoms with E-state index in [0.29, 0.717) is 16.3 Å². The summed E-state index contributed by atoms with van der Waals surface area (Å²) >= 11 is 5.91. The molecule has 0 bridgehead atoms. The smallest absolute Gasteiger partial charge is 0.250 e. The highest BCUT2D eigenvalue weighted by molar-refractivity contribution is 6.30. The van der Waals surface area contributed by atoms with Gasteiger partial charge in [-0.2, -0.15) is 0 Å². The molecule has 1 atom stereocenters. The first-order valence-corrected chi connectivity index (χ1v) is 8.46. The zero-order chi connectivity index (χ0) is 16.7. The van der Waals surface area contributed by atoms with Crippen LogP contribution in [-0.2, 0) is 6.42 Å². The summed E-state index contributed by atoms with van der Waals surface area (Å²) in [5.41, 5.74) is 3.32. The minimum Gasteiger partial charge on any atom is -0.374 e. The molecule has 3 aromatic rings. The maximum Gasteiger partial charge on any atom is 0.250 e. The Morgan fingerprint density at radius 1 is 0.958 bits per heavy atom. The molecule has 0 fully saturated rings. The van der Waals surface area contributed by atoms with E-state index in [0.717, 1.165) is 24.8 Å². The first kappa shape index (κ1) is 15.2. The van der Waals surface area contributed by atoms with E-state index in [1.807, 2.05) is 12.1 Å². The lowest BCUT2D eigenvalue weighted by atomic mass is 9.87. The van der Waals surface area contributed by atoms with Crippen molar-refractivity contribution in [1.82, 2.24) is 0 Å². The van der Waals surface area contributed by atoms with Gasteiger partial charge in [-0.25, -0.2) is 0 Å². The van der Waals surface area contributed by atoms with Crippen molar-refractivity contribution in [3.8, 4) is 11.1 Å². The molecule has 0 radical (unpaired) electrons.